The lowest BCUT2D eigenvalue weighted by Gasteiger charge is -2.10. The van der Waals surface area contributed by atoms with E-state index in [9.17, 15) is 4.79 Å². The van der Waals surface area contributed by atoms with Gasteiger partial charge in [-0.15, -0.1) is 16.4 Å². The van der Waals surface area contributed by atoms with Gasteiger partial charge in [-0.05, 0) is 19.1 Å². The molecule has 0 bridgehead atoms. The topological polar surface area (TPSA) is 78.6 Å². The molecule has 4 rings (SSSR count). The molecule has 0 saturated heterocycles. The van der Waals surface area contributed by atoms with Crippen molar-refractivity contribution < 1.29 is 14.3 Å². The largest absolute Gasteiger partial charge is 0.452 e. The Labute approximate surface area is 135 Å². The molecule has 1 aliphatic heterocycles. The SMILES string of the molecule is CC(OC(=O)c1ccn2nncc2c1)c1nc2c(s1)COCC2. The number of hydrogen-bond acceptors (Lipinski definition) is 7. The van der Waals surface area contributed by atoms with Crippen LogP contribution in [-0.2, 0) is 22.5 Å². The van der Waals surface area contributed by atoms with Gasteiger partial charge in [-0.2, -0.15) is 0 Å². The van der Waals surface area contributed by atoms with Crippen molar-refractivity contribution in [2.75, 3.05) is 6.61 Å². The maximum absolute atomic E-state index is 12.3. The molecule has 4 heterocycles. The van der Waals surface area contributed by atoms with Gasteiger partial charge in [-0.3, -0.25) is 0 Å². The van der Waals surface area contributed by atoms with Crippen LogP contribution in [0, 0.1) is 0 Å². The molecule has 118 valence electrons. The molecule has 0 saturated carbocycles. The molecular weight excluding hydrogens is 316 g/mol. The molecule has 3 aromatic rings. The fourth-order valence-electron chi connectivity index (χ4n) is 2.45. The van der Waals surface area contributed by atoms with Crippen LogP contribution >= 0.6 is 11.3 Å². The van der Waals surface area contributed by atoms with E-state index in [4.69, 9.17) is 9.47 Å². The minimum atomic E-state index is -0.391. The van der Waals surface area contributed by atoms with Crippen LogP contribution in [0.4, 0.5) is 0 Å². The zero-order chi connectivity index (χ0) is 15.8. The van der Waals surface area contributed by atoms with E-state index in [0.717, 1.165) is 27.5 Å². The van der Waals surface area contributed by atoms with Gasteiger partial charge < -0.3 is 9.47 Å². The van der Waals surface area contributed by atoms with Gasteiger partial charge in [-0.25, -0.2) is 14.3 Å². The van der Waals surface area contributed by atoms with E-state index in [2.05, 4.69) is 15.3 Å². The highest BCUT2D eigenvalue weighted by Gasteiger charge is 2.21. The summed E-state index contributed by atoms with van der Waals surface area (Å²) in [6.45, 7) is 3.13. The first-order valence-electron chi connectivity index (χ1n) is 7.28. The van der Waals surface area contributed by atoms with E-state index in [0.29, 0.717) is 18.8 Å². The Morgan fingerprint density at radius 3 is 3.30 bits per heavy atom. The van der Waals surface area contributed by atoms with E-state index in [-0.39, 0.29) is 5.97 Å². The van der Waals surface area contributed by atoms with Crippen LogP contribution in [0.1, 0.15) is 39.0 Å². The van der Waals surface area contributed by atoms with E-state index in [1.807, 2.05) is 6.92 Å². The molecule has 7 nitrogen and oxygen atoms in total. The van der Waals surface area contributed by atoms with Crippen molar-refractivity contribution in [2.45, 2.75) is 26.1 Å². The summed E-state index contributed by atoms with van der Waals surface area (Å²) in [7, 11) is 0. The van der Waals surface area contributed by atoms with Gasteiger partial charge in [0.25, 0.3) is 0 Å². The Morgan fingerprint density at radius 1 is 1.52 bits per heavy atom. The van der Waals surface area contributed by atoms with Crippen molar-refractivity contribution in [1.29, 1.82) is 0 Å². The normalized spacial score (nSPS) is 15.3. The second kappa shape index (κ2) is 5.71. The van der Waals surface area contributed by atoms with Gasteiger partial charge in [0.1, 0.15) is 5.01 Å². The number of thiazole rings is 1. The maximum atomic E-state index is 12.3. The number of hydrogen-bond donors (Lipinski definition) is 0. The van der Waals surface area contributed by atoms with Crippen LogP contribution < -0.4 is 0 Å². The van der Waals surface area contributed by atoms with Crippen LogP contribution in [0.25, 0.3) is 5.52 Å². The third kappa shape index (κ3) is 2.71. The molecule has 0 amide bonds. The predicted molar refractivity (Wildman–Crippen MR) is 82.3 cm³/mol. The standard InChI is InChI=1S/C15H14N4O3S/c1-9(14-17-12-3-5-21-8-13(12)23-14)22-15(20)10-2-4-19-11(6-10)7-16-18-19/h2,4,6-7,9H,3,5,8H2,1H3. The number of aromatic nitrogens is 4. The monoisotopic (exact) mass is 330 g/mol. The molecule has 0 aliphatic carbocycles. The van der Waals surface area contributed by atoms with E-state index < -0.39 is 6.10 Å². The lowest BCUT2D eigenvalue weighted by atomic mass is 10.2. The molecular formula is C15H14N4O3S. The first-order chi connectivity index (χ1) is 11.2. The fourth-order valence-corrected chi connectivity index (χ4v) is 3.48. The summed E-state index contributed by atoms with van der Waals surface area (Å²) in [6, 6.07) is 3.37. The predicted octanol–water partition coefficient (Wildman–Crippen LogP) is 2.18. The van der Waals surface area contributed by atoms with E-state index in [1.54, 1.807) is 40.4 Å². The molecule has 0 N–H and O–H groups in total. The molecule has 23 heavy (non-hydrogen) atoms. The highest BCUT2D eigenvalue weighted by molar-refractivity contribution is 7.11. The van der Waals surface area contributed by atoms with Gasteiger partial charge in [-0.1, -0.05) is 5.21 Å². The Morgan fingerprint density at radius 2 is 2.43 bits per heavy atom. The zero-order valence-corrected chi connectivity index (χ0v) is 13.2. The lowest BCUT2D eigenvalue weighted by Crippen LogP contribution is -2.10. The minimum absolute atomic E-state index is 0.384. The Hall–Kier alpha value is -2.32. The molecule has 8 heteroatoms. The van der Waals surface area contributed by atoms with Gasteiger partial charge in [0.05, 0.1) is 41.1 Å². The number of carbonyl (C=O) groups excluding carboxylic acids is 1. The fraction of sp³-hybridized carbons (Fsp3) is 0.333. The summed E-state index contributed by atoms with van der Waals surface area (Å²) in [6.07, 6.45) is 3.70. The Bertz CT molecular complexity index is 849. The summed E-state index contributed by atoms with van der Waals surface area (Å²) >= 11 is 1.55. The van der Waals surface area contributed by atoms with Crippen LogP contribution in [0.2, 0.25) is 0 Å². The number of pyridine rings is 1. The van der Waals surface area contributed by atoms with Crippen molar-refractivity contribution in [3.8, 4) is 0 Å². The van der Waals surface area contributed by atoms with E-state index in [1.165, 1.54) is 0 Å². The lowest BCUT2D eigenvalue weighted by molar-refractivity contribution is 0.0337. The summed E-state index contributed by atoms with van der Waals surface area (Å²) < 4.78 is 12.6. The van der Waals surface area contributed by atoms with Crippen molar-refractivity contribution >= 4 is 22.8 Å². The summed E-state index contributed by atoms with van der Waals surface area (Å²) in [4.78, 5) is 18.0. The summed E-state index contributed by atoms with van der Waals surface area (Å²) in [5.74, 6) is -0.384. The highest BCUT2D eigenvalue weighted by atomic mass is 32.1. The quantitative estimate of drug-likeness (QED) is 0.685. The molecule has 1 atom stereocenters. The molecule has 0 radical (unpaired) electrons. The first kappa shape index (κ1) is 14.3. The average molecular weight is 330 g/mol. The minimum Gasteiger partial charge on any atom is -0.452 e. The number of carbonyl (C=O) groups is 1. The number of esters is 1. The van der Waals surface area contributed by atoms with Gasteiger partial charge in [0.2, 0.25) is 0 Å². The van der Waals surface area contributed by atoms with Gasteiger partial charge in [0.15, 0.2) is 6.10 Å². The molecule has 0 fully saturated rings. The molecule has 1 unspecified atom stereocenters. The number of ether oxygens (including phenoxy) is 2. The van der Waals surface area contributed by atoms with E-state index >= 15 is 0 Å². The first-order valence-corrected chi connectivity index (χ1v) is 8.09. The van der Waals surface area contributed by atoms with Crippen LogP contribution in [0.3, 0.4) is 0 Å². The van der Waals surface area contributed by atoms with Crippen molar-refractivity contribution in [2.24, 2.45) is 0 Å². The number of fused-ring (bicyclic) bond motifs is 2. The van der Waals surface area contributed by atoms with Gasteiger partial charge >= 0.3 is 5.97 Å². The average Bonchev–Trinajstić information content (AvgIpc) is 3.20. The second-order valence-corrected chi connectivity index (χ2v) is 6.41. The zero-order valence-electron chi connectivity index (χ0n) is 12.4. The summed E-state index contributed by atoms with van der Waals surface area (Å²) in [5.41, 5.74) is 2.27. The second-order valence-electron chi connectivity index (χ2n) is 5.29. The van der Waals surface area contributed by atoms with Crippen molar-refractivity contribution in [3.05, 3.63) is 45.7 Å². The number of rotatable bonds is 3. The molecule has 3 aromatic heterocycles. The van der Waals surface area contributed by atoms with Crippen molar-refractivity contribution in [3.63, 3.8) is 0 Å². The van der Waals surface area contributed by atoms with Crippen LogP contribution in [-0.4, -0.2) is 32.4 Å². The third-order valence-corrected chi connectivity index (χ3v) is 4.91. The summed E-state index contributed by atoms with van der Waals surface area (Å²) in [5, 5.41) is 8.45. The maximum Gasteiger partial charge on any atom is 0.338 e. The highest BCUT2D eigenvalue weighted by Crippen LogP contribution is 2.29. The van der Waals surface area contributed by atoms with Crippen molar-refractivity contribution in [1.82, 2.24) is 19.8 Å². The van der Waals surface area contributed by atoms with Crippen LogP contribution in [0.5, 0.6) is 0 Å². The smallest absolute Gasteiger partial charge is 0.338 e. The number of nitrogens with zero attached hydrogens (tertiary/aromatic N) is 4. The van der Waals surface area contributed by atoms with Gasteiger partial charge in [0, 0.05) is 12.6 Å². The molecule has 0 spiro atoms. The molecule has 1 aliphatic rings. The Kier molecular flexibility index (Phi) is 3.55. The molecule has 0 aromatic carbocycles. The van der Waals surface area contributed by atoms with Crippen LogP contribution in [0.15, 0.2) is 24.5 Å². The Balaban J connectivity index is 1.52. The third-order valence-electron chi connectivity index (χ3n) is 3.68.